The summed E-state index contributed by atoms with van der Waals surface area (Å²) in [5.74, 6) is -1.01. The summed E-state index contributed by atoms with van der Waals surface area (Å²) in [4.78, 5) is 36.5. The first-order valence-corrected chi connectivity index (χ1v) is 7.46. The molecule has 0 spiro atoms. The number of rotatable bonds is 6. The van der Waals surface area contributed by atoms with Crippen LogP contribution in [-0.2, 0) is 19.1 Å². The lowest BCUT2D eigenvalue weighted by molar-refractivity contribution is -0.383. The number of amides is 1. The fourth-order valence-corrected chi connectivity index (χ4v) is 2.47. The highest BCUT2D eigenvalue weighted by Crippen LogP contribution is 2.24. The molecule has 9 heteroatoms. The summed E-state index contributed by atoms with van der Waals surface area (Å²) in [7, 11) is 1.25. The molecule has 0 aromatic heterocycles. The van der Waals surface area contributed by atoms with Gasteiger partial charge in [-0.25, -0.2) is 0 Å². The van der Waals surface area contributed by atoms with Crippen molar-refractivity contribution < 1.29 is 24.0 Å². The second-order valence-corrected chi connectivity index (χ2v) is 5.21. The van der Waals surface area contributed by atoms with Crippen molar-refractivity contribution in [3.63, 3.8) is 0 Å². The summed E-state index contributed by atoms with van der Waals surface area (Å²) in [6.45, 7) is 1.89. The molecular formula is C15H19N3O6. The largest absolute Gasteiger partial charge is 0.469 e. The van der Waals surface area contributed by atoms with E-state index in [4.69, 9.17) is 4.74 Å². The van der Waals surface area contributed by atoms with Crippen molar-refractivity contribution in [2.75, 3.05) is 38.7 Å². The van der Waals surface area contributed by atoms with Gasteiger partial charge in [-0.1, -0.05) is 12.1 Å². The van der Waals surface area contributed by atoms with Crippen LogP contribution in [0.4, 0.5) is 11.4 Å². The lowest BCUT2D eigenvalue weighted by atomic mass is 10.1. The van der Waals surface area contributed by atoms with Crippen LogP contribution in [0, 0.1) is 10.1 Å². The molecule has 0 saturated carbocycles. The van der Waals surface area contributed by atoms with Gasteiger partial charge in [0.05, 0.1) is 31.7 Å². The molecule has 24 heavy (non-hydrogen) atoms. The Morgan fingerprint density at radius 3 is 2.67 bits per heavy atom. The van der Waals surface area contributed by atoms with E-state index in [-0.39, 0.29) is 17.8 Å². The lowest BCUT2D eigenvalue weighted by Gasteiger charge is -2.32. The highest BCUT2D eigenvalue weighted by Gasteiger charge is 2.31. The molecule has 1 aliphatic heterocycles. The van der Waals surface area contributed by atoms with Crippen LogP contribution in [0.2, 0.25) is 0 Å². The summed E-state index contributed by atoms with van der Waals surface area (Å²) in [5, 5.41) is 13.6. The van der Waals surface area contributed by atoms with E-state index in [9.17, 15) is 19.7 Å². The Hall–Kier alpha value is -2.52. The molecule has 1 N–H and O–H groups in total. The van der Waals surface area contributed by atoms with Gasteiger partial charge in [-0.2, -0.15) is 0 Å². The summed E-state index contributed by atoms with van der Waals surface area (Å²) in [6.07, 6.45) is -0.136. The molecule has 1 amide bonds. The Bertz CT molecular complexity index is 615. The molecule has 1 aromatic rings. The molecule has 1 saturated heterocycles. The van der Waals surface area contributed by atoms with Crippen molar-refractivity contribution in [3.05, 3.63) is 34.4 Å². The zero-order valence-electron chi connectivity index (χ0n) is 13.3. The summed E-state index contributed by atoms with van der Waals surface area (Å²) in [5.41, 5.74) is -0.111. The number of nitro groups is 1. The Kier molecular flexibility index (Phi) is 6.21. The van der Waals surface area contributed by atoms with E-state index in [1.807, 2.05) is 4.90 Å². The molecule has 130 valence electrons. The van der Waals surface area contributed by atoms with Crippen molar-refractivity contribution in [1.82, 2.24) is 4.90 Å². The molecule has 0 aliphatic carbocycles. The quantitative estimate of drug-likeness (QED) is 0.464. The number of methoxy groups -OCH3 is 1. The average molecular weight is 337 g/mol. The van der Waals surface area contributed by atoms with E-state index in [1.54, 1.807) is 6.07 Å². The number of esters is 1. The molecule has 2 rings (SSSR count). The van der Waals surface area contributed by atoms with Gasteiger partial charge in [0.2, 0.25) is 5.91 Å². The normalized spacial score (nSPS) is 16.2. The third-order valence-corrected chi connectivity index (χ3v) is 3.74. The van der Waals surface area contributed by atoms with Crippen molar-refractivity contribution in [2.24, 2.45) is 0 Å². The van der Waals surface area contributed by atoms with Gasteiger partial charge in [0, 0.05) is 19.2 Å². The number of carbonyl (C=O) groups is 2. The molecule has 1 aromatic carbocycles. The van der Waals surface area contributed by atoms with E-state index < -0.39 is 22.8 Å². The molecular weight excluding hydrogens is 318 g/mol. The van der Waals surface area contributed by atoms with Crippen LogP contribution >= 0.6 is 0 Å². The number of carbonyl (C=O) groups excluding carboxylic acids is 2. The summed E-state index contributed by atoms with van der Waals surface area (Å²) >= 11 is 0. The number of nitro benzene ring substituents is 1. The third kappa shape index (κ3) is 4.49. The standard InChI is InChI=1S/C15H19N3O6/c1-23-14(19)10-13(17-6-8-24-9-7-17)15(20)16-11-4-2-3-5-12(11)18(21)22/h2-5,13H,6-10H2,1H3,(H,16,20)/t13-/m0/s1. The minimum atomic E-state index is -0.777. The Morgan fingerprint density at radius 2 is 2.04 bits per heavy atom. The first kappa shape index (κ1) is 17.8. The number of anilines is 1. The average Bonchev–Trinajstić information content (AvgIpc) is 2.60. The van der Waals surface area contributed by atoms with Crippen LogP contribution in [0.15, 0.2) is 24.3 Å². The predicted molar refractivity (Wildman–Crippen MR) is 84.5 cm³/mol. The maximum atomic E-state index is 12.6. The summed E-state index contributed by atoms with van der Waals surface area (Å²) < 4.78 is 9.90. The van der Waals surface area contributed by atoms with Crippen LogP contribution in [0.3, 0.4) is 0 Å². The fourth-order valence-electron chi connectivity index (χ4n) is 2.47. The number of para-hydroxylation sites is 2. The Morgan fingerprint density at radius 1 is 1.38 bits per heavy atom. The molecule has 1 aliphatic rings. The first-order valence-electron chi connectivity index (χ1n) is 7.46. The van der Waals surface area contributed by atoms with Crippen molar-refractivity contribution >= 4 is 23.3 Å². The van der Waals surface area contributed by atoms with Gasteiger partial charge in [-0.3, -0.25) is 24.6 Å². The third-order valence-electron chi connectivity index (χ3n) is 3.74. The highest BCUT2D eigenvalue weighted by atomic mass is 16.6. The van der Waals surface area contributed by atoms with Gasteiger partial charge in [0.25, 0.3) is 5.69 Å². The maximum Gasteiger partial charge on any atom is 0.307 e. The van der Waals surface area contributed by atoms with Crippen LogP contribution in [0.25, 0.3) is 0 Å². The van der Waals surface area contributed by atoms with Crippen molar-refractivity contribution in [1.29, 1.82) is 0 Å². The SMILES string of the molecule is COC(=O)C[C@@H](C(=O)Nc1ccccc1[N+](=O)[O-])N1CCOCC1. The van der Waals surface area contributed by atoms with Gasteiger partial charge in [-0.05, 0) is 6.07 Å². The maximum absolute atomic E-state index is 12.6. The van der Waals surface area contributed by atoms with Crippen LogP contribution in [-0.4, -0.2) is 61.2 Å². The van der Waals surface area contributed by atoms with E-state index in [0.29, 0.717) is 26.3 Å². The number of morpholine rings is 1. The Labute approximate surface area is 138 Å². The predicted octanol–water partition coefficient (Wildman–Crippen LogP) is 0.797. The number of nitrogens with zero attached hydrogens (tertiary/aromatic N) is 2. The Balaban J connectivity index is 2.17. The van der Waals surface area contributed by atoms with E-state index in [0.717, 1.165) is 0 Å². The van der Waals surface area contributed by atoms with Crippen molar-refractivity contribution in [2.45, 2.75) is 12.5 Å². The van der Waals surface area contributed by atoms with E-state index in [2.05, 4.69) is 10.1 Å². The molecule has 0 radical (unpaired) electrons. The monoisotopic (exact) mass is 337 g/mol. The van der Waals surface area contributed by atoms with Gasteiger partial charge in [0.1, 0.15) is 11.7 Å². The number of hydrogen-bond donors (Lipinski definition) is 1. The topological polar surface area (TPSA) is 111 Å². The minimum absolute atomic E-state index is 0.0932. The van der Waals surface area contributed by atoms with Gasteiger partial charge >= 0.3 is 5.97 Å². The number of hydrogen-bond acceptors (Lipinski definition) is 7. The van der Waals surface area contributed by atoms with Gasteiger partial charge in [0.15, 0.2) is 0 Å². The second-order valence-electron chi connectivity index (χ2n) is 5.21. The van der Waals surface area contributed by atoms with Crippen LogP contribution in [0.1, 0.15) is 6.42 Å². The van der Waals surface area contributed by atoms with E-state index >= 15 is 0 Å². The smallest absolute Gasteiger partial charge is 0.307 e. The molecule has 0 bridgehead atoms. The minimum Gasteiger partial charge on any atom is -0.469 e. The zero-order chi connectivity index (χ0) is 17.5. The molecule has 1 fully saturated rings. The summed E-state index contributed by atoms with van der Waals surface area (Å²) in [6, 6.07) is 5.08. The first-order chi connectivity index (χ1) is 11.5. The molecule has 1 atom stereocenters. The van der Waals surface area contributed by atoms with E-state index in [1.165, 1.54) is 25.3 Å². The molecule has 1 heterocycles. The molecule has 9 nitrogen and oxygen atoms in total. The van der Waals surface area contributed by atoms with Gasteiger partial charge < -0.3 is 14.8 Å². The van der Waals surface area contributed by atoms with Crippen LogP contribution < -0.4 is 5.32 Å². The number of ether oxygens (including phenoxy) is 2. The number of benzene rings is 1. The fraction of sp³-hybridized carbons (Fsp3) is 0.467. The second kappa shape index (κ2) is 8.37. The zero-order valence-corrected chi connectivity index (χ0v) is 13.3. The number of nitrogens with one attached hydrogen (secondary N) is 1. The van der Waals surface area contributed by atoms with Crippen LogP contribution in [0.5, 0.6) is 0 Å². The lowest BCUT2D eigenvalue weighted by Crippen LogP contribution is -2.50. The van der Waals surface area contributed by atoms with Gasteiger partial charge in [-0.15, -0.1) is 0 Å². The molecule has 0 unspecified atom stereocenters. The van der Waals surface area contributed by atoms with Crippen molar-refractivity contribution in [3.8, 4) is 0 Å². The highest BCUT2D eigenvalue weighted by molar-refractivity contribution is 5.98.